The molecular weight excluding hydrogens is 341 g/mol. The van der Waals surface area contributed by atoms with Crippen molar-refractivity contribution in [2.45, 2.75) is 32.9 Å². The number of carbonyl (C=O) groups is 2. The largest absolute Gasteiger partial charge is 0.396 e. The van der Waals surface area contributed by atoms with Crippen LogP contribution >= 0.6 is 0 Å². The fourth-order valence-corrected chi connectivity index (χ4v) is 1.84. The number of benzene rings is 1. The van der Waals surface area contributed by atoms with Crippen LogP contribution in [0.2, 0.25) is 0 Å². The molecule has 4 N–H and O–H groups in total. The molecule has 0 saturated carbocycles. The lowest BCUT2D eigenvalue weighted by Gasteiger charge is -2.27. The van der Waals surface area contributed by atoms with E-state index in [1.807, 2.05) is 0 Å². The zero-order valence-electron chi connectivity index (χ0n) is 14.1. The van der Waals surface area contributed by atoms with Crippen molar-refractivity contribution in [1.82, 2.24) is 10.6 Å². The SMILES string of the molecule is C[C@H](CNC(=O)[C@@H](O)C(C)(C)CO)NC(=O)c1cc(F)c(F)cc1F. The molecule has 0 spiro atoms. The second-order valence-corrected chi connectivity index (χ2v) is 6.42. The summed E-state index contributed by atoms with van der Waals surface area (Å²) < 4.78 is 39.5. The molecule has 1 aromatic rings. The minimum Gasteiger partial charge on any atom is -0.396 e. The van der Waals surface area contributed by atoms with Gasteiger partial charge in [-0.05, 0) is 13.0 Å². The predicted octanol–water partition coefficient (Wildman–Crippen LogP) is 0.718. The molecule has 1 aromatic carbocycles. The highest BCUT2D eigenvalue weighted by Gasteiger charge is 2.33. The summed E-state index contributed by atoms with van der Waals surface area (Å²) >= 11 is 0. The van der Waals surface area contributed by atoms with Gasteiger partial charge >= 0.3 is 0 Å². The molecule has 140 valence electrons. The third-order valence-corrected chi connectivity index (χ3v) is 3.61. The van der Waals surface area contributed by atoms with E-state index in [2.05, 4.69) is 10.6 Å². The van der Waals surface area contributed by atoms with Crippen molar-refractivity contribution in [1.29, 1.82) is 0 Å². The Balaban J connectivity index is 2.63. The van der Waals surface area contributed by atoms with Gasteiger partial charge in [0, 0.05) is 24.1 Å². The molecule has 0 unspecified atom stereocenters. The number of rotatable bonds is 7. The van der Waals surface area contributed by atoms with Crippen LogP contribution in [0.5, 0.6) is 0 Å². The number of aliphatic hydroxyl groups excluding tert-OH is 2. The van der Waals surface area contributed by atoms with Gasteiger partial charge in [0.15, 0.2) is 11.6 Å². The first-order valence-electron chi connectivity index (χ1n) is 7.51. The molecule has 0 fully saturated rings. The molecule has 6 nitrogen and oxygen atoms in total. The Morgan fingerprint density at radius 2 is 1.72 bits per heavy atom. The van der Waals surface area contributed by atoms with Crippen LogP contribution in [0.4, 0.5) is 13.2 Å². The molecule has 0 saturated heterocycles. The maximum Gasteiger partial charge on any atom is 0.254 e. The number of nitrogens with one attached hydrogen (secondary N) is 2. The first-order chi connectivity index (χ1) is 11.5. The molecule has 9 heteroatoms. The Morgan fingerprint density at radius 3 is 2.28 bits per heavy atom. The maximum atomic E-state index is 13.5. The average Bonchev–Trinajstić information content (AvgIpc) is 2.54. The van der Waals surface area contributed by atoms with Gasteiger partial charge in [0.2, 0.25) is 5.91 Å². The Bertz CT molecular complexity index is 653. The topological polar surface area (TPSA) is 98.7 Å². The van der Waals surface area contributed by atoms with Gasteiger partial charge in [-0.15, -0.1) is 0 Å². The number of aliphatic hydroxyl groups is 2. The number of hydrogen-bond acceptors (Lipinski definition) is 4. The molecule has 0 aliphatic carbocycles. The summed E-state index contributed by atoms with van der Waals surface area (Å²) in [4.78, 5) is 23.7. The average molecular weight is 362 g/mol. The van der Waals surface area contributed by atoms with E-state index in [0.717, 1.165) is 0 Å². The minimum absolute atomic E-state index is 0.103. The van der Waals surface area contributed by atoms with Crippen molar-refractivity contribution in [3.05, 3.63) is 35.1 Å². The summed E-state index contributed by atoms with van der Waals surface area (Å²) in [6, 6.07) is 0.0245. The Labute approximate surface area is 143 Å². The van der Waals surface area contributed by atoms with Crippen molar-refractivity contribution < 1.29 is 33.0 Å². The van der Waals surface area contributed by atoms with Gasteiger partial charge < -0.3 is 20.8 Å². The first-order valence-corrected chi connectivity index (χ1v) is 7.51. The van der Waals surface area contributed by atoms with Gasteiger partial charge in [0.05, 0.1) is 12.2 Å². The van der Waals surface area contributed by atoms with E-state index in [0.29, 0.717) is 6.07 Å². The monoisotopic (exact) mass is 362 g/mol. The molecule has 2 atom stereocenters. The van der Waals surface area contributed by atoms with Gasteiger partial charge in [-0.3, -0.25) is 9.59 Å². The van der Waals surface area contributed by atoms with Gasteiger partial charge in [-0.25, -0.2) is 13.2 Å². The van der Waals surface area contributed by atoms with Crippen LogP contribution in [0.15, 0.2) is 12.1 Å². The quantitative estimate of drug-likeness (QED) is 0.537. The lowest BCUT2D eigenvalue weighted by Crippen LogP contribution is -2.49. The molecule has 0 aliphatic rings. The van der Waals surface area contributed by atoms with Gasteiger partial charge in [0.25, 0.3) is 5.91 Å². The molecule has 0 aliphatic heterocycles. The molecule has 0 radical (unpaired) electrons. The van der Waals surface area contributed by atoms with Crippen LogP contribution in [0.25, 0.3) is 0 Å². The Morgan fingerprint density at radius 1 is 1.16 bits per heavy atom. The summed E-state index contributed by atoms with van der Waals surface area (Å²) in [5.74, 6) is -5.71. The van der Waals surface area contributed by atoms with Gasteiger partial charge in [-0.1, -0.05) is 13.8 Å². The number of carbonyl (C=O) groups excluding carboxylic acids is 2. The molecular formula is C16H21F3N2O4. The molecule has 2 amide bonds. The molecule has 0 aromatic heterocycles. The maximum absolute atomic E-state index is 13.5. The molecule has 0 bridgehead atoms. The van der Waals surface area contributed by atoms with Crippen molar-refractivity contribution >= 4 is 11.8 Å². The van der Waals surface area contributed by atoms with E-state index in [1.54, 1.807) is 0 Å². The smallest absolute Gasteiger partial charge is 0.254 e. The molecule has 1 rings (SSSR count). The summed E-state index contributed by atoms with van der Waals surface area (Å²) in [7, 11) is 0. The number of hydrogen-bond donors (Lipinski definition) is 4. The van der Waals surface area contributed by atoms with E-state index in [1.165, 1.54) is 20.8 Å². The Hall–Kier alpha value is -2.13. The molecule has 0 heterocycles. The summed E-state index contributed by atoms with van der Waals surface area (Å²) in [5, 5.41) is 23.6. The first kappa shape index (κ1) is 20.9. The van der Waals surface area contributed by atoms with E-state index in [4.69, 9.17) is 5.11 Å². The normalized spacial score (nSPS) is 13.9. The van der Waals surface area contributed by atoms with Crippen molar-refractivity contribution in [2.24, 2.45) is 5.41 Å². The highest BCUT2D eigenvalue weighted by molar-refractivity contribution is 5.94. The predicted molar refractivity (Wildman–Crippen MR) is 83.1 cm³/mol. The van der Waals surface area contributed by atoms with Crippen LogP contribution < -0.4 is 10.6 Å². The van der Waals surface area contributed by atoms with E-state index >= 15 is 0 Å². The lowest BCUT2D eigenvalue weighted by molar-refractivity contribution is -0.137. The van der Waals surface area contributed by atoms with Crippen LogP contribution in [0.1, 0.15) is 31.1 Å². The molecule has 25 heavy (non-hydrogen) atoms. The lowest BCUT2D eigenvalue weighted by atomic mass is 9.87. The number of amides is 2. The van der Waals surface area contributed by atoms with Gasteiger partial charge in [-0.2, -0.15) is 0 Å². The van der Waals surface area contributed by atoms with Crippen molar-refractivity contribution in [2.75, 3.05) is 13.2 Å². The zero-order chi connectivity index (χ0) is 19.4. The summed E-state index contributed by atoms with van der Waals surface area (Å²) in [5.41, 5.74) is -1.72. The van der Waals surface area contributed by atoms with Crippen LogP contribution in [0, 0.1) is 22.9 Å². The van der Waals surface area contributed by atoms with E-state index < -0.39 is 59.0 Å². The zero-order valence-corrected chi connectivity index (χ0v) is 14.1. The fraction of sp³-hybridized carbons (Fsp3) is 0.500. The summed E-state index contributed by atoms with van der Waals surface area (Å²) in [6.07, 6.45) is -1.47. The third kappa shape index (κ3) is 5.43. The van der Waals surface area contributed by atoms with Crippen LogP contribution in [0.3, 0.4) is 0 Å². The Kier molecular flexibility index (Phi) is 6.95. The van der Waals surface area contributed by atoms with Crippen molar-refractivity contribution in [3.8, 4) is 0 Å². The second-order valence-electron chi connectivity index (χ2n) is 6.42. The third-order valence-electron chi connectivity index (χ3n) is 3.61. The summed E-state index contributed by atoms with van der Waals surface area (Å²) in [6.45, 7) is 3.96. The highest BCUT2D eigenvalue weighted by Crippen LogP contribution is 2.19. The van der Waals surface area contributed by atoms with Crippen LogP contribution in [-0.2, 0) is 4.79 Å². The minimum atomic E-state index is -1.47. The van der Waals surface area contributed by atoms with Gasteiger partial charge in [0.1, 0.15) is 11.9 Å². The van der Waals surface area contributed by atoms with Crippen molar-refractivity contribution in [3.63, 3.8) is 0 Å². The van der Waals surface area contributed by atoms with E-state index in [-0.39, 0.29) is 12.6 Å². The standard InChI is InChI=1S/C16H21F3N2O4/c1-8(6-20-15(25)13(23)16(2,3)7-22)21-14(24)9-4-11(18)12(19)5-10(9)17/h4-5,8,13,22-23H,6-7H2,1-3H3,(H,20,25)(H,21,24)/t8-,13-/m1/s1. The highest BCUT2D eigenvalue weighted by atomic mass is 19.2. The van der Waals surface area contributed by atoms with E-state index in [9.17, 15) is 27.9 Å². The van der Waals surface area contributed by atoms with Crippen LogP contribution in [-0.4, -0.2) is 47.3 Å². The fourth-order valence-electron chi connectivity index (χ4n) is 1.84. The number of halogens is 3. The second kappa shape index (κ2) is 8.30.